The molecule has 19 heavy (non-hydrogen) atoms. The maximum absolute atomic E-state index is 12.1. The van der Waals surface area contributed by atoms with Crippen LogP contribution in [0.25, 0.3) is 0 Å². The van der Waals surface area contributed by atoms with Crippen molar-refractivity contribution in [3.05, 3.63) is 16.6 Å². The molecule has 0 aliphatic carbocycles. The number of aliphatic carboxylic acids is 1. The van der Waals surface area contributed by atoms with Gasteiger partial charge in [-0.3, -0.25) is 4.79 Å². The fraction of sp³-hybridized carbons (Fsp3) is 0.583. The lowest BCUT2D eigenvalue weighted by molar-refractivity contribution is -0.146. The molecule has 6 nitrogen and oxygen atoms in total. The van der Waals surface area contributed by atoms with Gasteiger partial charge in [0.2, 0.25) is 0 Å². The Labute approximate surface area is 115 Å². The second kappa shape index (κ2) is 5.16. The Hall–Kier alpha value is -1.63. The van der Waals surface area contributed by atoms with Crippen LogP contribution in [0, 0.1) is 5.41 Å². The van der Waals surface area contributed by atoms with Crippen molar-refractivity contribution in [2.75, 3.05) is 13.1 Å². The molecule has 1 aliphatic rings. The molecule has 0 saturated carbocycles. The molecule has 0 radical (unpaired) electrons. The molecule has 1 saturated heterocycles. The van der Waals surface area contributed by atoms with Gasteiger partial charge < -0.3 is 15.3 Å². The van der Waals surface area contributed by atoms with E-state index in [4.69, 9.17) is 5.11 Å². The van der Waals surface area contributed by atoms with Gasteiger partial charge in [0.15, 0.2) is 0 Å². The number of thiazole rings is 1. The zero-order valence-electron chi connectivity index (χ0n) is 10.9. The van der Waals surface area contributed by atoms with Crippen LogP contribution in [-0.2, 0) is 4.79 Å². The Bertz CT molecular complexity index is 477. The van der Waals surface area contributed by atoms with Crippen LogP contribution in [0.1, 0.15) is 31.3 Å². The predicted molar refractivity (Wildman–Crippen MR) is 71.0 cm³/mol. The van der Waals surface area contributed by atoms with E-state index < -0.39 is 11.4 Å². The molecule has 2 heterocycles. The second-order valence-electron chi connectivity index (χ2n) is 5.08. The van der Waals surface area contributed by atoms with Gasteiger partial charge >= 0.3 is 12.0 Å². The average Bonchev–Trinajstić information content (AvgIpc) is 2.98. The fourth-order valence-electron chi connectivity index (χ4n) is 2.10. The highest BCUT2D eigenvalue weighted by atomic mass is 32.1. The summed E-state index contributed by atoms with van der Waals surface area (Å²) in [7, 11) is 0. The summed E-state index contributed by atoms with van der Waals surface area (Å²) in [6.45, 7) is 4.26. The highest BCUT2D eigenvalue weighted by molar-refractivity contribution is 7.09. The quantitative estimate of drug-likeness (QED) is 0.884. The number of likely N-dealkylation sites (tertiary alicyclic amines) is 1. The molecule has 1 aromatic rings. The summed E-state index contributed by atoms with van der Waals surface area (Å²) < 4.78 is 0. The van der Waals surface area contributed by atoms with Crippen molar-refractivity contribution < 1.29 is 14.7 Å². The van der Waals surface area contributed by atoms with Crippen LogP contribution >= 0.6 is 11.3 Å². The molecule has 0 spiro atoms. The molecule has 2 unspecified atom stereocenters. The van der Waals surface area contributed by atoms with Crippen LogP contribution in [0.5, 0.6) is 0 Å². The summed E-state index contributed by atoms with van der Waals surface area (Å²) in [4.78, 5) is 28.9. The smallest absolute Gasteiger partial charge is 0.317 e. The largest absolute Gasteiger partial charge is 0.481 e. The molecule has 7 heteroatoms. The van der Waals surface area contributed by atoms with Gasteiger partial charge in [-0.15, -0.1) is 11.3 Å². The minimum absolute atomic E-state index is 0.163. The van der Waals surface area contributed by atoms with E-state index in [1.54, 1.807) is 18.0 Å². The third kappa shape index (κ3) is 2.86. The maximum atomic E-state index is 12.1. The molecular weight excluding hydrogens is 266 g/mol. The predicted octanol–water partition coefficient (Wildman–Crippen LogP) is 1.71. The highest BCUT2D eigenvalue weighted by Gasteiger charge is 2.42. The Morgan fingerprint density at radius 1 is 1.63 bits per heavy atom. The van der Waals surface area contributed by atoms with Crippen molar-refractivity contribution in [1.82, 2.24) is 15.2 Å². The lowest BCUT2D eigenvalue weighted by Crippen LogP contribution is -2.41. The molecule has 1 aromatic heterocycles. The zero-order chi connectivity index (χ0) is 14.0. The first kappa shape index (κ1) is 13.8. The normalized spacial score (nSPS) is 24.2. The number of rotatable bonds is 3. The number of hydrogen-bond acceptors (Lipinski definition) is 4. The van der Waals surface area contributed by atoms with Gasteiger partial charge in [0.05, 0.1) is 11.5 Å². The lowest BCUT2D eigenvalue weighted by Gasteiger charge is -2.22. The summed E-state index contributed by atoms with van der Waals surface area (Å²) in [6.07, 6.45) is 2.18. The van der Waals surface area contributed by atoms with Crippen LogP contribution in [0.3, 0.4) is 0 Å². The van der Waals surface area contributed by atoms with E-state index in [1.165, 1.54) is 11.3 Å². The van der Waals surface area contributed by atoms with Crippen molar-refractivity contribution in [3.63, 3.8) is 0 Å². The first-order valence-electron chi connectivity index (χ1n) is 6.10. The van der Waals surface area contributed by atoms with Gasteiger partial charge in [-0.05, 0) is 20.3 Å². The van der Waals surface area contributed by atoms with E-state index in [9.17, 15) is 9.59 Å². The van der Waals surface area contributed by atoms with E-state index in [-0.39, 0.29) is 18.6 Å². The van der Waals surface area contributed by atoms with Gasteiger partial charge in [0, 0.05) is 24.7 Å². The first-order chi connectivity index (χ1) is 8.92. The maximum Gasteiger partial charge on any atom is 0.317 e. The summed E-state index contributed by atoms with van der Waals surface area (Å²) in [5.74, 6) is -0.851. The van der Waals surface area contributed by atoms with Crippen molar-refractivity contribution in [2.24, 2.45) is 5.41 Å². The summed E-state index contributed by atoms with van der Waals surface area (Å²) >= 11 is 1.48. The molecule has 2 atom stereocenters. The molecule has 104 valence electrons. The summed E-state index contributed by atoms with van der Waals surface area (Å²) in [5.41, 5.74) is -0.832. The fourth-order valence-corrected chi connectivity index (χ4v) is 2.74. The van der Waals surface area contributed by atoms with Crippen molar-refractivity contribution in [3.8, 4) is 0 Å². The van der Waals surface area contributed by atoms with Crippen LogP contribution in [0.2, 0.25) is 0 Å². The van der Waals surface area contributed by atoms with Crippen LogP contribution < -0.4 is 5.32 Å². The van der Waals surface area contributed by atoms with Gasteiger partial charge in [-0.25, -0.2) is 9.78 Å². The van der Waals surface area contributed by atoms with E-state index in [2.05, 4.69) is 10.3 Å². The first-order valence-corrected chi connectivity index (χ1v) is 6.98. The number of carboxylic acids is 1. The number of amides is 2. The van der Waals surface area contributed by atoms with E-state index in [0.29, 0.717) is 13.0 Å². The summed E-state index contributed by atoms with van der Waals surface area (Å²) in [5, 5.41) is 14.7. The number of aromatic nitrogens is 1. The van der Waals surface area contributed by atoms with Crippen LogP contribution in [0.4, 0.5) is 4.79 Å². The molecule has 0 bridgehead atoms. The van der Waals surface area contributed by atoms with Gasteiger partial charge in [0.1, 0.15) is 5.01 Å². The Morgan fingerprint density at radius 2 is 2.37 bits per heavy atom. The molecule has 1 aliphatic heterocycles. The molecule has 2 N–H and O–H groups in total. The van der Waals surface area contributed by atoms with E-state index in [0.717, 1.165) is 5.01 Å². The van der Waals surface area contributed by atoms with Crippen molar-refractivity contribution in [2.45, 2.75) is 26.3 Å². The molecule has 2 amide bonds. The van der Waals surface area contributed by atoms with Crippen molar-refractivity contribution >= 4 is 23.3 Å². The molecule has 2 rings (SSSR count). The molecule has 0 aromatic carbocycles. The lowest BCUT2D eigenvalue weighted by atomic mass is 9.90. The number of carbonyl (C=O) groups is 2. The third-order valence-electron chi connectivity index (χ3n) is 3.44. The number of carboxylic acid groups (broad SMARTS) is 1. The average molecular weight is 283 g/mol. The Morgan fingerprint density at radius 3 is 2.89 bits per heavy atom. The van der Waals surface area contributed by atoms with Crippen LogP contribution in [-0.4, -0.2) is 40.1 Å². The number of nitrogens with zero attached hydrogens (tertiary/aromatic N) is 2. The van der Waals surface area contributed by atoms with Gasteiger partial charge in [0.25, 0.3) is 0 Å². The number of urea groups is 1. The SMILES string of the molecule is CC(NC(=O)N1CCC(C)(C(=O)O)C1)c1nccs1. The highest BCUT2D eigenvalue weighted by Crippen LogP contribution is 2.30. The van der Waals surface area contributed by atoms with E-state index in [1.807, 2.05) is 12.3 Å². The zero-order valence-corrected chi connectivity index (χ0v) is 11.7. The minimum Gasteiger partial charge on any atom is -0.481 e. The van der Waals surface area contributed by atoms with Gasteiger partial charge in [-0.1, -0.05) is 0 Å². The monoisotopic (exact) mass is 283 g/mol. The Balaban J connectivity index is 1.93. The third-order valence-corrected chi connectivity index (χ3v) is 4.40. The number of nitrogens with one attached hydrogen (secondary N) is 1. The molecule has 1 fully saturated rings. The standard InChI is InChI=1S/C12H17N3O3S/c1-8(9-13-4-6-19-9)14-11(18)15-5-3-12(2,7-15)10(16)17/h4,6,8H,3,5,7H2,1-2H3,(H,14,18)(H,16,17). The number of hydrogen-bond donors (Lipinski definition) is 2. The van der Waals surface area contributed by atoms with E-state index >= 15 is 0 Å². The van der Waals surface area contributed by atoms with Crippen LogP contribution in [0.15, 0.2) is 11.6 Å². The topological polar surface area (TPSA) is 82.5 Å². The molecular formula is C12H17N3O3S. The van der Waals surface area contributed by atoms with Gasteiger partial charge in [-0.2, -0.15) is 0 Å². The minimum atomic E-state index is -0.851. The Kier molecular flexibility index (Phi) is 3.75. The summed E-state index contributed by atoms with van der Waals surface area (Å²) in [6, 6.07) is -0.392. The van der Waals surface area contributed by atoms with Crippen molar-refractivity contribution in [1.29, 1.82) is 0 Å². The second-order valence-corrected chi connectivity index (χ2v) is 6.01. The number of carbonyl (C=O) groups excluding carboxylic acids is 1.